The SMILES string of the molecule is CNC(C1CCN(c2ccc(C(F)(F)F)cc2)CC1)C1(C)Cn2cc([N+](=O)[O-])nc2O1. The van der Waals surface area contributed by atoms with E-state index in [9.17, 15) is 23.3 Å². The van der Waals surface area contributed by atoms with E-state index in [-0.39, 0.29) is 23.8 Å². The van der Waals surface area contributed by atoms with E-state index in [1.807, 2.05) is 14.0 Å². The average molecular weight is 439 g/mol. The molecule has 11 heteroatoms. The first-order valence-corrected chi connectivity index (χ1v) is 10.1. The van der Waals surface area contributed by atoms with Gasteiger partial charge in [0.05, 0.1) is 18.2 Å². The van der Waals surface area contributed by atoms with Crippen molar-refractivity contribution in [2.45, 2.75) is 44.1 Å². The highest BCUT2D eigenvalue weighted by Crippen LogP contribution is 2.38. The first-order chi connectivity index (χ1) is 14.6. The highest BCUT2D eigenvalue weighted by atomic mass is 19.4. The average Bonchev–Trinajstić information content (AvgIpc) is 3.24. The predicted octanol–water partition coefficient (Wildman–Crippen LogP) is 3.47. The third-order valence-electron chi connectivity index (χ3n) is 6.26. The van der Waals surface area contributed by atoms with E-state index in [2.05, 4.69) is 15.2 Å². The van der Waals surface area contributed by atoms with Crippen LogP contribution in [0.1, 0.15) is 25.3 Å². The molecule has 0 aliphatic carbocycles. The Morgan fingerprint density at radius 3 is 2.45 bits per heavy atom. The highest BCUT2D eigenvalue weighted by molar-refractivity contribution is 5.48. The smallest absolute Gasteiger partial charge is 0.416 e. The van der Waals surface area contributed by atoms with E-state index in [0.29, 0.717) is 6.54 Å². The number of hydrogen-bond donors (Lipinski definition) is 1. The van der Waals surface area contributed by atoms with Crippen molar-refractivity contribution in [3.63, 3.8) is 0 Å². The Morgan fingerprint density at radius 2 is 1.94 bits per heavy atom. The number of aromatic nitrogens is 2. The Morgan fingerprint density at radius 1 is 1.29 bits per heavy atom. The van der Waals surface area contributed by atoms with Crippen LogP contribution >= 0.6 is 0 Å². The van der Waals surface area contributed by atoms with Gasteiger partial charge in [0.15, 0.2) is 0 Å². The minimum Gasteiger partial charge on any atom is -0.436 e. The van der Waals surface area contributed by atoms with Crippen molar-refractivity contribution in [2.24, 2.45) is 5.92 Å². The second-order valence-corrected chi connectivity index (χ2v) is 8.32. The zero-order chi connectivity index (χ0) is 22.4. The maximum absolute atomic E-state index is 12.8. The molecule has 2 aliphatic rings. The standard InChI is InChI=1S/C20H24F3N5O3/c1-19(12-27-11-16(28(29)30)25-18(27)31-19)17(24-2)13-7-9-26(10-8-13)15-5-3-14(4-6-15)20(21,22)23/h3-6,11,13,17,24H,7-10,12H2,1-2H3. The van der Waals surface area contributed by atoms with Gasteiger partial charge >= 0.3 is 18.0 Å². The number of hydrogen-bond acceptors (Lipinski definition) is 6. The molecule has 168 valence electrons. The Balaban J connectivity index is 1.40. The summed E-state index contributed by atoms with van der Waals surface area (Å²) in [4.78, 5) is 16.4. The first-order valence-electron chi connectivity index (χ1n) is 10.1. The number of piperidine rings is 1. The molecule has 0 amide bonds. The van der Waals surface area contributed by atoms with E-state index in [1.54, 1.807) is 4.57 Å². The number of ether oxygens (including phenoxy) is 1. The molecule has 0 spiro atoms. The van der Waals surface area contributed by atoms with Crippen LogP contribution in [0.4, 0.5) is 24.7 Å². The van der Waals surface area contributed by atoms with Gasteiger partial charge in [-0.3, -0.25) is 4.57 Å². The lowest BCUT2D eigenvalue weighted by Gasteiger charge is -2.42. The number of fused-ring (bicyclic) bond motifs is 1. The van der Waals surface area contributed by atoms with Gasteiger partial charge in [-0.05, 0) is 61.9 Å². The maximum atomic E-state index is 12.8. The maximum Gasteiger partial charge on any atom is 0.416 e. The molecule has 1 aromatic carbocycles. The van der Waals surface area contributed by atoms with Crippen LogP contribution < -0.4 is 15.0 Å². The van der Waals surface area contributed by atoms with Gasteiger partial charge in [-0.15, -0.1) is 0 Å². The zero-order valence-electron chi connectivity index (χ0n) is 17.2. The molecule has 0 bridgehead atoms. The van der Waals surface area contributed by atoms with E-state index in [1.165, 1.54) is 18.3 Å². The third kappa shape index (κ3) is 4.06. The molecule has 4 rings (SSSR count). The highest BCUT2D eigenvalue weighted by Gasteiger charge is 2.48. The molecule has 1 aromatic heterocycles. The molecule has 3 heterocycles. The Kier molecular flexibility index (Phi) is 5.32. The summed E-state index contributed by atoms with van der Waals surface area (Å²) in [5.74, 6) is 0.0446. The summed E-state index contributed by atoms with van der Waals surface area (Å²) in [5, 5.41) is 14.3. The molecule has 2 unspecified atom stereocenters. The van der Waals surface area contributed by atoms with Crippen LogP contribution in [0.15, 0.2) is 30.5 Å². The van der Waals surface area contributed by atoms with Gasteiger partial charge in [0.25, 0.3) is 0 Å². The predicted molar refractivity (Wildman–Crippen MR) is 107 cm³/mol. The monoisotopic (exact) mass is 439 g/mol. The van der Waals surface area contributed by atoms with Gasteiger partial charge < -0.3 is 25.1 Å². The summed E-state index contributed by atoms with van der Waals surface area (Å²) < 4.78 is 46.1. The number of likely N-dealkylation sites (N-methyl/N-ethyl adjacent to an activating group) is 1. The molecule has 1 N–H and O–H groups in total. The number of halogens is 3. The van der Waals surface area contributed by atoms with Crippen LogP contribution in [-0.2, 0) is 12.7 Å². The topological polar surface area (TPSA) is 85.5 Å². The molecule has 0 saturated carbocycles. The number of nitro groups is 1. The molecule has 1 saturated heterocycles. The van der Waals surface area contributed by atoms with E-state index in [4.69, 9.17) is 4.74 Å². The van der Waals surface area contributed by atoms with Gasteiger partial charge in [-0.2, -0.15) is 13.2 Å². The van der Waals surface area contributed by atoms with Gasteiger partial charge in [0, 0.05) is 23.8 Å². The second-order valence-electron chi connectivity index (χ2n) is 8.32. The van der Waals surface area contributed by atoms with Gasteiger partial charge in [0.1, 0.15) is 11.8 Å². The fourth-order valence-electron chi connectivity index (χ4n) is 4.80. The lowest BCUT2D eigenvalue weighted by atomic mass is 9.80. The summed E-state index contributed by atoms with van der Waals surface area (Å²) in [5.41, 5.74) is -0.471. The molecular formula is C20H24F3N5O3. The lowest BCUT2D eigenvalue weighted by molar-refractivity contribution is -0.389. The van der Waals surface area contributed by atoms with Crippen molar-refractivity contribution in [3.05, 3.63) is 46.1 Å². The molecule has 1 fully saturated rings. The van der Waals surface area contributed by atoms with Crippen molar-refractivity contribution in [2.75, 3.05) is 25.0 Å². The quantitative estimate of drug-likeness (QED) is 0.567. The van der Waals surface area contributed by atoms with Crippen LogP contribution in [0.5, 0.6) is 6.01 Å². The first kappa shape index (κ1) is 21.4. The van der Waals surface area contributed by atoms with E-state index < -0.39 is 22.3 Å². The van der Waals surface area contributed by atoms with Gasteiger partial charge in [-0.1, -0.05) is 0 Å². The third-order valence-corrected chi connectivity index (χ3v) is 6.26. The number of imidazole rings is 1. The lowest BCUT2D eigenvalue weighted by Crippen LogP contribution is -2.57. The Bertz CT molecular complexity index is 928. The van der Waals surface area contributed by atoms with Crippen molar-refractivity contribution >= 4 is 11.5 Å². The van der Waals surface area contributed by atoms with Gasteiger partial charge in [-0.25, -0.2) is 0 Å². The van der Waals surface area contributed by atoms with Crippen molar-refractivity contribution in [1.82, 2.24) is 14.9 Å². The van der Waals surface area contributed by atoms with Crippen molar-refractivity contribution in [3.8, 4) is 6.01 Å². The number of anilines is 1. The molecule has 8 nitrogen and oxygen atoms in total. The molecular weight excluding hydrogens is 415 g/mol. The Hall–Kier alpha value is -2.82. The molecule has 2 aliphatic heterocycles. The Labute approximate surface area is 177 Å². The number of nitrogens with zero attached hydrogens (tertiary/aromatic N) is 4. The molecule has 0 radical (unpaired) electrons. The fourth-order valence-corrected chi connectivity index (χ4v) is 4.80. The second kappa shape index (κ2) is 7.70. The molecule has 2 atom stereocenters. The van der Waals surface area contributed by atoms with Crippen LogP contribution in [0.3, 0.4) is 0 Å². The van der Waals surface area contributed by atoms with E-state index >= 15 is 0 Å². The van der Waals surface area contributed by atoms with Crippen molar-refractivity contribution in [1.29, 1.82) is 0 Å². The number of rotatable bonds is 5. The number of benzene rings is 1. The summed E-state index contributed by atoms with van der Waals surface area (Å²) >= 11 is 0. The largest absolute Gasteiger partial charge is 0.436 e. The fraction of sp³-hybridized carbons (Fsp3) is 0.550. The zero-order valence-corrected chi connectivity index (χ0v) is 17.2. The number of nitrogens with one attached hydrogen (secondary N) is 1. The van der Waals surface area contributed by atoms with Crippen LogP contribution in [0, 0.1) is 16.0 Å². The minimum atomic E-state index is -4.34. The van der Waals surface area contributed by atoms with Crippen LogP contribution in [0.25, 0.3) is 0 Å². The summed E-state index contributed by atoms with van der Waals surface area (Å²) in [6.45, 7) is 3.87. The van der Waals surface area contributed by atoms with Crippen LogP contribution in [0.2, 0.25) is 0 Å². The van der Waals surface area contributed by atoms with Crippen LogP contribution in [-0.4, -0.2) is 46.3 Å². The molecule has 31 heavy (non-hydrogen) atoms. The minimum absolute atomic E-state index is 0.0111. The summed E-state index contributed by atoms with van der Waals surface area (Å²) in [6.07, 6.45) is -1.26. The summed E-state index contributed by atoms with van der Waals surface area (Å²) in [6, 6.07) is 5.51. The van der Waals surface area contributed by atoms with Gasteiger partial charge in [0.2, 0.25) is 0 Å². The summed E-state index contributed by atoms with van der Waals surface area (Å²) in [7, 11) is 1.87. The molecule has 2 aromatic rings. The normalized spacial score (nSPS) is 22.8. The van der Waals surface area contributed by atoms with Crippen molar-refractivity contribution < 1.29 is 22.8 Å². The van der Waals surface area contributed by atoms with E-state index in [0.717, 1.165) is 43.8 Å². The number of alkyl halides is 3.